The first-order valence-corrected chi connectivity index (χ1v) is 9.45. The summed E-state index contributed by atoms with van der Waals surface area (Å²) in [6.07, 6.45) is 5.83. The Labute approximate surface area is 160 Å². The van der Waals surface area contributed by atoms with Crippen LogP contribution in [0.4, 0.5) is 0 Å². The van der Waals surface area contributed by atoms with Gasteiger partial charge in [-0.2, -0.15) is 0 Å². The fourth-order valence-corrected chi connectivity index (χ4v) is 3.62. The molecule has 0 amide bonds. The summed E-state index contributed by atoms with van der Waals surface area (Å²) in [5, 5.41) is 2.96. The number of ether oxygens (including phenoxy) is 1. The van der Waals surface area contributed by atoms with E-state index < -0.39 is 0 Å². The van der Waals surface area contributed by atoms with E-state index in [9.17, 15) is 0 Å². The molecule has 4 nitrogen and oxygen atoms in total. The van der Waals surface area contributed by atoms with Crippen molar-refractivity contribution in [1.29, 1.82) is 0 Å². The molecule has 0 aliphatic rings. The van der Waals surface area contributed by atoms with Crippen LogP contribution in [0.25, 0.3) is 27.5 Å². The Hall–Kier alpha value is -3.44. The van der Waals surface area contributed by atoms with E-state index in [2.05, 4.69) is 9.97 Å². The summed E-state index contributed by atoms with van der Waals surface area (Å²) in [6, 6.07) is 22.0. The van der Waals surface area contributed by atoms with Gasteiger partial charge in [-0.1, -0.05) is 30.3 Å². The predicted octanol–water partition coefficient (Wildman–Crippen LogP) is 5.92. The van der Waals surface area contributed by atoms with Gasteiger partial charge < -0.3 is 9.14 Å². The first-order valence-electron chi connectivity index (χ1n) is 8.57. The molecule has 130 valence electrons. The van der Waals surface area contributed by atoms with Crippen molar-refractivity contribution < 1.29 is 4.74 Å². The molecule has 3 aromatic heterocycles. The van der Waals surface area contributed by atoms with E-state index in [0.717, 1.165) is 39.0 Å². The maximum atomic E-state index is 6.10. The number of nitrogens with zero attached hydrogens (tertiary/aromatic N) is 3. The van der Waals surface area contributed by atoms with E-state index in [4.69, 9.17) is 4.74 Å². The molecule has 0 aliphatic heterocycles. The number of hydrogen-bond donors (Lipinski definition) is 0. The van der Waals surface area contributed by atoms with E-state index in [1.165, 1.54) is 0 Å². The van der Waals surface area contributed by atoms with E-state index >= 15 is 0 Å². The molecule has 5 aromatic rings. The second-order valence-electron chi connectivity index (χ2n) is 6.09. The first-order chi connectivity index (χ1) is 13.3. The zero-order valence-corrected chi connectivity index (χ0v) is 15.1. The summed E-state index contributed by atoms with van der Waals surface area (Å²) in [7, 11) is 0. The Kier molecular flexibility index (Phi) is 3.92. The Bertz CT molecular complexity index is 1180. The van der Waals surface area contributed by atoms with Gasteiger partial charge in [0.25, 0.3) is 0 Å². The Morgan fingerprint density at radius 2 is 1.67 bits per heavy atom. The van der Waals surface area contributed by atoms with Crippen LogP contribution in [0, 0.1) is 0 Å². The molecule has 5 heteroatoms. The van der Waals surface area contributed by atoms with Crippen LogP contribution in [0.1, 0.15) is 0 Å². The highest BCUT2D eigenvalue weighted by molar-refractivity contribution is 7.13. The van der Waals surface area contributed by atoms with Crippen LogP contribution in [0.5, 0.6) is 11.5 Å². The minimum Gasteiger partial charge on any atom is -0.457 e. The van der Waals surface area contributed by atoms with Crippen molar-refractivity contribution in [3.63, 3.8) is 0 Å². The predicted molar refractivity (Wildman–Crippen MR) is 108 cm³/mol. The molecule has 0 saturated heterocycles. The van der Waals surface area contributed by atoms with Crippen LogP contribution < -0.4 is 4.74 Å². The smallest absolute Gasteiger partial charge is 0.137 e. The van der Waals surface area contributed by atoms with Crippen molar-refractivity contribution in [3.8, 4) is 33.3 Å². The third-order valence-electron chi connectivity index (χ3n) is 4.24. The lowest BCUT2D eigenvalue weighted by molar-refractivity contribution is 0.483. The summed E-state index contributed by atoms with van der Waals surface area (Å²) in [5.41, 5.74) is 3.92. The molecule has 3 heterocycles. The van der Waals surface area contributed by atoms with Gasteiger partial charge in [0.1, 0.15) is 22.2 Å². The molecule has 0 spiro atoms. The molecule has 0 fully saturated rings. The van der Waals surface area contributed by atoms with Crippen LogP contribution in [-0.2, 0) is 0 Å². The van der Waals surface area contributed by atoms with Crippen LogP contribution in [0.2, 0.25) is 0 Å². The molecule has 0 saturated carbocycles. The van der Waals surface area contributed by atoms with E-state index in [0.29, 0.717) is 0 Å². The molecule has 27 heavy (non-hydrogen) atoms. The second-order valence-corrected chi connectivity index (χ2v) is 6.98. The van der Waals surface area contributed by atoms with Crippen molar-refractivity contribution in [2.45, 2.75) is 0 Å². The van der Waals surface area contributed by atoms with Crippen molar-refractivity contribution in [2.75, 3.05) is 0 Å². The lowest BCUT2D eigenvalue weighted by Gasteiger charge is -2.08. The molecular formula is C22H15N3OS. The average Bonchev–Trinajstić information content (AvgIpc) is 3.38. The van der Waals surface area contributed by atoms with E-state index in [-0.39, 0.29) is 0 Å². The van der Waals surface area contributed by atoms with Gasteiger partial charge in [-0.25, -0.2) is 9.97 Å². The highest BCUT2D eigenvalue weighted by Gasteiger charge is 2.07. The normalized spacial score (nSPS) is 11.0. The number of rotatable bonds is 4. The van der Waals surface area contributed by atoms with E-state index in [1.807, 2.05) is 95.1 Å². The van der Waals surface area contributed by atoms with Crippen molar-refractivity contribution in [1.82, 2.24) is 14.4 Å². The average molecular weight is 369 g/mol. The minimum atomic E-state index is 0.779. The third-order valence-corrected chi connectivity index (χ3v) is 5.06. The lowest BCUT2D eigenvalue weighted by atomic mass is 10.1. The van der Waals surface area contributed by atoms with Gasteiger partial charge in [0.15, 0.2) is 0 Å². The summed E-state index contributed by atoms with van der Waals surface area (Å²) in [6.45, 7) is 0. The van der Waals surface area contributed by atoms with Crippen molar-refractivity contribution in [2.24, 2.45) is 0 Å². The largest absolute Gasteiger partial charge is 0.457 e. The fraction of sp³-hybridized carbons (Fsp3) is 0. The number of benzene rings is 2. The molecular weight excluding hydrogens is 354 g/mol. The zero-order chi connectivity index (χ0) is 18.1. The molecule has 5 rings (SSSR count). The summed E-state index contributed by atoms with van der Waals surface area (Å²) in [5.74, 6) is 1.57. The Morgan fingerprint density at radius 3 is 2.44 bits per heavy atom. The first kappa shape index (κ1) is 15.8. The SMILES string of the molecule is c1cc(Oc2cccc(-c3nccs3)c2)cc(-c2cn3ccccc3n2)c1. The maximum Gasteiger partial charge on any atom is 0.137 e. The van der Waals surface area contributed by atoms with Crippen molar-refractivity contribution >= 4 is 17.0 Å². The topological polar surface area (TPSA) is 39.4 Å². The Morgan fingerprint density at radius 1 is 0.852 bits per heavy atom. The molecule has 0 atom stereocenters. The molecule has 0 aliphatic carbocycles. The van der Waals surface area contributed by atoms with Crippen LogP contribution in [-0.4, -0.2) is 14.4 Å². The molecule has 2 aromatic carbocycles. The number of imidazole rings is 1. The number of pyridine rings is 1. The standard InChI is InChI=1S/C22H15N3OS/c1-2-11-25-15-20(24-21(25)9-1)16-5-3-7-18(13-16)26-19-8-4-6-17(14-19)22-23-10-12-27-22/h1-15H. The maximum absolute atomic E-state index is 6.10. The van der Waals surface area contributed by atoms with Gasteiger partial charge in [-0.05, 0) is 36.4 Å². The van der Waals surface area contributed by atoms with Crippen molar-refractivity contribution in [3.05, 3.63) is 90.7 Å². The quantitative estimate of drug-likeness (QED) is 0.395. The van der Waals surface area contributed by atoms with Gasteiger partial charge in [-0.15, -0.1) is 11.3 Å². The van der Waals surface area contributed by atoms with Gasteiger partial charge >= 0.3 is 0 Å². The number of aromatic nitrogens is 3. The molecule has 0 unspecified atom stereocenters. The third kappa shape index (κ3) is 3.20. The highest BCUT2D eigenvalue weighted by atomic mass is 32.1. The monoisotopic (exact) mass is 369 g/mol. The highest BCUT2D eigenvalue weighted by Crippen LogP contribution is 2.30. The zero-order valence-electron chi connectivity index (χ0n) is 14.3. The van der Waals surface area contributed by atoms with Gasteiger partial charge in [0.2, 0.25) is 0 Å². The summed E-state index contributed by atoms with van der Waals surface area (Å²) < 4.78 is 8.11. The molecule has 0 bridgehead atoms. The summed E-state index contributed by atoms with van der Waals surface area (Å²) >= 11 is 1.62. The van der Waals surface area contributed by atoms with Crippen LogP contribution in [0.3, 0.4) is 0 Å². The molecule has 0 N–H and O–H groups in total. The van der Waals surface area contributed by atoms with Crippen LogP contribution in [0.15, 0.2) is 90.7 Å². The summed E-state index contributed by atoms with van der Waals surface area (Å²) in [4.78, 5) is 9.04. The second kappa shape index (κ2) is 6.70. The van der Waals surface area contributed by atoms with Gasteiger partial charge in [-0.3, -0.25) is 0 Å². The lowest BCUT2D eigenvalue weighted by Crippen LogP contribution is -1.86. The molecule has 0 radical (unpaired) electrons. The number of fused-ring (bicyclic) bond motifs is 1. The minimum absolute atomic E-state index is 0.779. The number of hydrogen-bond acceptors (Lipinski definition) is 4. The van der Waals surface area contributed by atoms with Gasteiger partial charge in [0, 0.05) is 35.1 Å². The van der Waals surface area contributed by atoms with E-state index in [1.54, 1.807) is 11.3 Å². The fourth-order valence-electron chi connectivity index (χ4n) is 2.99. The number of thiazole rings is 1. The Balaban J connectivity index is 1.45. The van der Waals surface area contributed by atoms with Gasteiger partial charge in [0.05, 0.1) is 5.69 Å². The van der Waals surface area contributed by atoms with Crippen LogP contribution >= 0.6 is 11.3 Å².